The van der Waals surface area contributed by atoms with Gasteiger partial charge in [-0.15, -0.1) is 0 Å². The van der Waals surface area contributed by atoms with E-state index in [1.165, 1.54) is 0 Å². The van der Waals surface area contributed by atoms with Crippen molar-refractivity contribution < 1.29 is 9.59 Å². The Labute approximate surface area is 153 Å². The third-order valence-electron chi connectivity index (χ3n) is 5.43. The lowest BCUT2D eigenvalue weighted by Gasteiger charge is -2.33. The summed E-state index contributed by atoms with van der Waals surface area (Å²) in [5.74, 6) is 0.444. The number of nitrogens with zero attached hydrogens (tertiary/aromatic N) is 5. The summed E-state index contributed by atoms with van der Waals surface area (Å²) in [5, 5.41) is 4.29. The molecule has 7 nitrogen and oxygen atoms in total. The fraction of sp³-hybridized carbons (Fsp3) is 0.526. The molecule has 2 aliphatic rings. The van der Waals surface area contributed by atoms with E-state index in [1.54, 1.807) is 10.9 Å². The molecule has 0 saturated carbocycles. The number of amides is 2. The Balaban J connectivity index is 1.29. The number of rotatable bonds is 4. The molecule has 2 aromatic heterocycles. The summed E-state index contributed by atoms with van der Waals surface area (Å²) in [5.41, 5.74) is 0.942. The van der Waals surface area contributed by atoms with Crippen LogP contribution in [0.25, 0.3) is 5.69 Å². The van der Waals surface area contributed by atoms with Crippen LogP contribution in [0.2, 0.25) is 0 Å². The van der Waals surface area contributed by atoms with Crippen molar-refractivity contribution in [3.63, 3.8) is 0 Å². The van der Waals surface area contributed by atoms with E-state index in [2.05, 4.69) is 5.10 Å². The average molecular weight is 355 g/mol. The van der Waals surface area contributed by atoms with Gasteiger partial charge in [-0.2, -0.15) is 5.10 Å². The number of carbonyl (C=O) groups excluding carboxylic acids is 2. The maximum Gasteiger partial charge on any atom is 0.244 e. The van der Waals surface area contributed by atoms with E-state index in [-0.39, 0.29) is 24.3 Å². The molecule has 0 radical (unpaired) electrons. The predicted octanol–water partition coefficient (Wildman–Crippen LogP) is 1.53. The Morgan fingerprint density at radius 1 is 1.00 bits per heavy atom. The van der Waals surface area contributed by atoms with Crippen molar-refractivity contribution in [2.45, 2.75) is 32.2 Å². The van der Waals surface area contributed by atoms with Gasteiger partial charge in [-0.25, -0.2) is 0 Å². The van der Waals surface area contributed by atoms with Gasteiger partial charge in [-0.1, -0.05) is 0 Å². The lowest BCUT2D eigenvalue weighted by Crippen LogP contribution is -2.44. The zero-order valence-corrected chi connectivity index (χ0v) is 15.0. The Kier molecular flexibility index (Phi) is 4.77. The quantitative estimate of drug-likeness (QED) is 0.836. The molecule has 26 heavy (non-hydrogen) atoms. The molecule has 0 bridgehead atoms. The van der Waals surface area contributed by atoms with Crippen molar-refractivity contribution in [1.29, 1.82) is 0 Å². The summed E-state index contributed by atoms with van der Waals surface area (Å²) in [4.78, 5) is 28.9. The van der Waals surface area contributed by atoms with E-state index >= 15 is 0 Å². The molecular formula is C19H25N5O2. The van der Waals surface area contributed by atoms with Gasteiger partial charge in [0, 0.05) is 50.7 Å². The zero-order valence-electron chi connectivity index (χ0n) is 15.0. The van der Waals surface area contributed by atoms with Crippen molar-refractivity contribution in [1.82, 2.24) is 24.1 Å². The van der Waals surface area contributed by atoms with Gasteiger partial charge in [-0.05, 0) is 37.8 Å². The first-order valence-electron chi connectivity index (χ1n) is 9.43. The summed E-state index contributed by atoms with van der Waals surface area (Å²) >= 11 is 0. The van der Waals surface area contributed by atoms with Gasteiger partial charge in [0.1, 0.15) is 6.54 Å². The highest BCUT2D eigenvalue weighted by atomic mass is 16.2. The minimum Gasteiger partial charge on any atom is -0.342 e. The van der Waals surface area contributed by atoms with Crippen LogP contribution in [0.1, 0.15) is 25.7 Å². The summed E-state index contributed by atoms with van der Waals surface area (Å²) in [6.45, 7) is 3.37. The molecule has 0 atom stereocenters. The van der Waals surface area contributed by atoms with Gasteiger partial charge >= 0.3 is 0 Å². The van der Waals surface area contributed by atoms with E-state index < -0.39 is 0 Å². The molecule has 138 valence electrons. The molecule has 2 amide bonds. The molecule has 7 heteroatoms. The van der Waals surface area contributed by atoms with E-state index in [9.17, 15) is 9.59 Å². The van der Waals surface area contributed by atoms with Crippen LogP contribution in [0.4, 0.5) is 0 Å². The third kappa shape index (κ3) is 3.52. The molecule has 0 spiro atoms. The van der Waals surface area contributed by atoms with Crippen LogP contribution >= 0.6 is 0 Å². The van der Waals surface area contributed by atoms with Crippen LogP contribution in [0.15, 0.2) is 36.9 Å². The number of aromatic nitrogens is 3. The van der Waals surface area contributed by atoms with Crippen LogP contribution in [0.3, 0.4) is 0 Å². The third-order valence-corrected chi connectivity index (χ3v) is 5.43. The van der Waals surface area contributed by atoms with Crippen molar-refractivity contribution >= 4 is 11.8 Å². The molecule has 0 aliphatic carbocycles. The Bertz CT molecular complexity index is 753. The normalized spacial score (nSPS) is 18.5. The highest BCUT2D eigenvalue weighted by Crippen LogP contribution is 2.22. The maximum atomic E-state index is 12.6. The first-order valence-corrected chi connectivity index (χ1v) is 9.43. The number of carbonyl (C=O) groups is 2. The van der Waals surface area contributed by atoms with Crippen LogP contribution in [0, 0.1) is 5.92 Å². The van der Waals surface area contributed by atoms with Crippen molar-refractivity contribution in [2.75, 3.05) is 26.2 Å². The molecule has 2 fully saturated rings. The molecular weight excluding hydrogens is 330 g/mol. The number of piperidine rings is 1. The molecule has 2 aromatic rings. The van der Waals surface area contributed by atoms with Crippen LogP contribution < -0.4 is 0 Å². The van der Waals surface area contributed by atoms with Crippen molar-refractivity contribution in [3.8, 4) is 5.69 Å². The summed E-state index contributed by atoms with van der Waals surface area (Å²) in [6.07, 6.45) is 11.3. The summed E-state index contributed by atoms with van der Waals surface area (Å²) < 4.78 is 3.64. The molecule has 2 saturated heterocycles. The Morgan fingerprint density at radius 3 is 2.38 bits per heavy atom. The lowest BCUT2D eigenvalue weighted by atomic mass is 9.95. The Hall–Kier alpha value is -2.57. The fourth-order valence-corrected chi connectivity index (χ4v) is 3.89. The molecule has 0 N–H and O–H groups in total. The highest BCUT2D eigenvalue weighted by Gasteiger charge is 2.31. The van der Waals surface area contributed by atoms with Crippen molar-refractivity contribution in [2.24, 2.45) is 5.92 Å². The molecule has 4 rings (SSSR count). The topological polar surface area (TPSA) is 63.4 Å². The standard InChI is InChI=1S/C19H25N5O2/c25-18(15-24-14-17(13-20-24)21-7-1-2-8-21)22-11-5-16(6-12-22)19(26)23-9-3-4-10-23/h1-2,7-8,13-14,16H,3-6,9-12,15H2. The number of hydrogen-bond donors (Lipinski definition) is 0. The smallest absolute Gasteiger partial charge is 0.244 e. The van der Waals surface area contributed by atoms with Gasteiger partial charge in [-0.3, -0.25) is 14.3 Å². The van der Waals surface area contributed by atoms with E-state index in [4.69, 9.17) is 0 Å². The molecule has 0 aromatic carbocycles. The van der Waals surface area contributed by atoms with Gasteiger partial charge in [0.25, 0.3) is 0 Å². The average Bonchev–Trinajstić information content (AvgIpc) is 3.42. The van der Waals surface area contributed by atoms with Gasteiger partial charge < -0.3 is 14.4 Å². The van der Waals surface area contributed by atoms with E-state index in [0.717, 1.165) is 44.5 Å². The van der Waals surface area contributed by atoms with E-state index in [0.29, 0.717) is 13.1 Å². The first kappa shape index (κ1) is 16.9. The Morgan fingerprint density at radius 2 is 1.69 bits per heavy atom. The van der Waals surface area contributed by atoms with Gasteiger partial charge in [0.15, 0.2) is 0 Å². The summed E-state index contributed by atoms with van der Waals surface area (Å²) in [7, 11) is 0. The SMILES string of the molecule is O=C(Cn1cc(-n2cccc2)cn1)N1CCC(C(=O)N2CCCC2)CC1. The molecule has 2 aliphatic heterocycles. The second kappa shape index (κ2) is 7.35. The van der Waals surface area contributed by atoms with Crippen molar-refractivity contribution in [3.05, 3.63) is 36.9 Å². The van der Waals surface area contributed by atoms with Gasteiger partial charge in [0.2, 0.25) is 11.8 Å². The minimum absolute atomic E-state index is 0.0687. The predicted molar refractivity (Wildman–Crippen MR) is 96.7 cm³/mol. The van der Waals surface area contributed by atoms with Crippen LogP contribution in [-0.2, 0) is 16.1 Å². The largest absolute Gasteiger partial charge is 0.342 e. The second-order valence-corrected chi connectivity index (χ2v) is 7.17. The van der Waals surface area contributed by atoms with Crippen LogP contribution in [-0.4, -0.2) is 62.1 Å². The highest BCUT2D eigenvalue weighted by molar-refractivity contribution is 5.80. The molecule has 0 unspecified atom stereocenters. The monoisotopic (exact) mass is 355 g/mol. The summed E-state index contributed by atoms with van der Waals surface area (Å²) in [6, 6.07) is 3.91. The minimum atomic E-state index is 0.0687. The number of likely N-dealkylation sites (tertiary alicyclic amines) is 2. The first-order chi connectivity index (χ1) is 12.7. The maximum absolute atomic E-state index is 12.6. The number of hydrogen-bond acceptors (Lipinski definition) is 3. The second-order valence-electron chi connectivity index (χ2n) is 7.17. The van der Waals surface area contributed by atoms with E-state index in [1.807, 2.05) is 45.1 Å². The molecule has 4 heterocycles. The zero-order chi connectivity index (χ0) is 17.9. The fourth-order valence-electron chi connectivity index (χ4n) is 3.89. The van der Waals surface area contributed by atoms with Crippen LogP contribution in [0.5, 0.6) is 0 Å². The lowest BCUT2D eigenvalue weighted by molar-refractivity contribution is -0.140. The van der Waals surface area contributed by atoms with Gasteiger partial charge in [0.05, 0.1) is 11.9 Å².